The zero-order valence-electron chi connectivity index (χ0n) is 14.7. The minimum atomic E-state index is -3.18. The van der Waals surface area contributed by atoms with Gasteiger partial charge in [0.1, 0.15) is 11.6 Å². The third-order valence-corrected chi connectivity index (χ3v) is 7.69. The van der Waals surface area contributed by atoms with Gasteiger partial charge < -0.3 is 9.64 Å². The van der Waals surface area contributed by atoms with Crippen molar-refractivity contribution in [1.82, 2.24) is 0 Å². The van der Waals surface area contributed by atoms with Gasteiger partial charge in [0.2, 0.25) is 0 Å². The highest BCUT2D eigenvalue weighted by Crippen LogP contribution is 2.41. The van der Waals surface area contributed by atoms with Crippen LogP contribution in [-0.4, -0.2) is 48.9 Å². The van der Waals surface area contributed by atoms with Gasteiger partial charge in [0.15, 0.2) is 21.6 Å². The highest BCUT2D eigenvalue weighted by molar-refractivity contribution is 8.16. The molecule has 0 aromatic heterocycles. The van der Waals surface area contributed by atoms with Crippen LogP contribution in [0.25, 0.3) is 0 Å². The number of carbonyl (C=O) groups excluding carboxylic acids is 1. The van der Waals surface area contributed by atoms with E-state index in [-0.39, 0.29) is 29.4 Å². The lowest BCUT2D eigenvalue weighted by Crippen LogP contribution is -2.37. The van der Waals surface area contributed by atoms with Gasteiger partial charge in [0, 0.05) is 10.9 Å². The average molecular weight is 420 g/mol. The number of anilines is 1. The second kappa shape index (κ2) is 7.56. The van der Waals surface area contributed by atoms with Gasteiger partial charge in [-0.25, -0.2) is 12.8 Å². The minimum absolute atomic E-state index is 0.0157. The summed E-state index contributed by atoms with van der Waals surface area (Å²) < 4.78 is 43.2. The molecule has 28 heavy (non-hydrogen) atoms. The highest BCUT2D eigenvalue weighted by Gasteiger charge is 2.49. The Labute approximate surface area is 166 Å². The third kappa shape index (κ3) is 4.05. The van der Waals surface area contributed by atoms with Crippen molar-refractivity contribution in [2.24, 2.45) is 4.99 Å². The molecular weight excluding hydrogens is 403 g/mol. The quantitative estimate of drug-likeness (QED) is 0.757. The predicted molar refractivity (Wildman–Crippen MR) is 107 cm³/mol. The molecule has 2 saturated heterocycles. The van der Waals surface area contributed by atoms with Gasteiger partial charge in [-0.05, 0) is 30.3 Å². The van der Waals surface area contributed by atoms with Crippen molar-refractivity contribution in [1.29, 1.82) is 0 Å². The number of thioether (sulfide) groups is 1. The second-order valence-electron chi connectivity index (χ2n) is 6.54. The van der Waals surface area contributed by atoms with Gasteiger partial charge >= 0.3 is 0 Å². The van der Waals surface area contributed by atoms with Gasteiger partial charge in [-0.15, -0.1) is 0 Å². The van der Waals surface area contributed by atoms with E-state index < -0.39 is 21.6 Å². The van der Waals surface area contributed by atoms with Crippen LogP contribution in [0.1, 0.15) is 0 Å². The van der Waals surface area contributed by atoms with Gasteiger partial charge in [0.05, 0.1) is 17.5 Å². The molecule has 6 nitrogen and oxygen atoms in total. The summed E-state index contributed by atoms with van der Waals surface area (Å²) in [5.74, 6) is -0.405. The van der Waals surface area contributed by atoms with E-state index in [0.29, 0.717) is 16.6 Å². The molecule has 4 rings (SSSR count). The number of aliphatic imine (C=N–C) groups is 1. The molecule has 2 aromatic carbocycles. The van der Waals surface area contributed by atoms with Crippen molar-refractivity contribution in [3.8, 4) is 5.75 Å². The Balaban J connectivity index is 1.58. The molecule has 1 amide bonds. The molecule has 0 aliphatic carbocycles. The molecule has 0 N–H and O–H groups in total. The summed E-state index contributed by atoms with van der Waals surface area (Å²) in [5.41, 5.74) is 0.479. The van der Waals surface area contributed by atoms with Crippen molar-refractivity contribution < 1.29 is 22.3 Å². The maximum absolute atomic E-state index is 13.7. The Morgan fingerprint density at radius 3 is 2.71 bits per heavy atom. The molecule has 2 aliphatic heterocycles. The monoisotopic (exact) mass is 420 g/mol. The Bertz CT molecular complexity index is 1030. The number of ether oxygens (including phenoxy) is 1. The van der Waals surface area contributed by atoms with Crippen LogP contribution in [0.4, 0.5) is 10.1 Å². The first kappa shape index (κ1) is 18.9. The van der Waals surface area contributed by atoms with Gasteiger partial charge in [-0.1, -0.05) is 36.0 Å². The van der Waals surface area contributed by atoms with E-state index in [9.17, 15) is 17.6 Å². The Morgan fingerprint density at radius 2 is 1.96 bits per heavy atom. The zero-order valence-corrected chi connectivity index (χ0v) is 16.3. The molecule has 0 spiro atoms. The number of nitrogens with zero attached hydrogens (tertiary/aromatic N) is 2. The largest absolute Gasteiger partial charge is 0.484 e. The fourth-order valence-electron chi connectivity index (χ4n) is 3.29. The summed E-state index contributed by atoms with van der Waals surface area (Å²) in [6, 6.07) is 14.4. The fourth-order valence-corrected chi connectivity index (χ4v) is 7.22. The lowest BCUT2D eigenvalue weighted by molar-refractivity contribution is -0.119. The van der Waals surface area contributed by atoms with E-state index in [1.54, 1.807) is 41.3 Å². The van der Waals surface area contributed by atoms with Crippen LogP contribution in [-0.2, 0) is 14.6 Å². The molecule has 2 fully saturated rings. The van der Waals surface area contributed by atoms with E-state index in [0.717, 1.165) is 0 Å². The van der Waals surface area contributed by atoms with Crippen molar-refractivity contribution >= 4 is 38.4 Å². The molecule has 0 saturated carbocycles. The summed E-state index contributed by atoms with van der Waals surface area (Å²) in [6.07, 6.45) is 0. The summed E-state index contributed by atoms with van der Waals surface area (Å²) in [4.78, 5) is 18.1. The first-order valence-corrected chi connectivity index (χ1v) is 11.3. The average Bonchev–Trinajstić information content (AvgIpc) is 3.11. The van der Waals surface area contributed by atoms with Crippen molar-refractivity contribution in [2.75, 3.05) is 23.0 Å². The topological polar surface area (TPSA) is 76.0 Å². The van der Waals surface area contributed by atoms with Crippen LogP contribution in [0.3, 0.4) is 0 Å². The number of rotatable bonds is 4. The van der Waals surface area contributed by atoms with E-state index >= 15 is 0 Å². The number of amidine groups is 1. The van der Waals surface area contributed by atoms with Crippen molar-refractivity contribution in [3.63, 3.8) is 0 Å². The SMILES string of the molecule is O=C(COc1ccccc1)N=C1SC2CS(=O)(=O)CC2N1c1cccc(F)c1. The van der Waals surface area contributed by atoms with E-state index in [1.807, 2.05) is 6.07 Å². The number of hydrogen-bond donors (Lipinski definition) is 0. The first-order valence-electron chi connectivity index (χ1n) is 8.62. The molecule has 0 radical (unpaired) electrons. The third-order valence-electron chi connectivity index (χ3n) is 4.48. The van der Waals surface area contributed by atoms with E-state index in [1.165, 1.54) is 23.9 Å². The number of fused-ring (bicyclic) bond motifs is 1. The number of halogens is 1. The second-order valence-corrected chi connectivity index (χ2v) is 9.90. The van der Waals surface area contributed by atoms with E-state index in [2.05, 4.69) is 4.99 Å². The smallest absolute Gasteiger partial charge is 0.285 e. The van der Waals surface area contributed by atoms with Crippen LogP contribution < -0.4 is 9.64 Å². The number of para-hydroxylation sites is 1. The normalized spacial score (nSPS) is 24.3. The molecule has 0 bridgehead atoms. The molecule has 2 heterocycles. The van der Waals surface area contributed by atoms with Gasteiger partial charge in [0.25, 0.3) is 5.91 Å². The number of carbonyl (C=O) groups is 1. The molecule has 146 valence electrons. The van der Waals surface area contributed by atoms with Crippen molar-refractivity contribution in [3.05, 3.63) is 60.4 Å². The van der Waals surface area contributed by atoms with Gasteiger partial charge in [-0.2, -0.15) is 4.99 Å². The minimum Gasteiger partial charge on any atom is -0.484 e. The Kier molecular flexibility index (Phi) is 5.11. The maximum atomic E-state index is 13.7. The summed E-state index contributed by atoms with van der Waals surface area (Å²) in [7, 11) is -3.18. The number of amides is 1. The molecule has 2 atom stereocenters. The molecule has 9 heteroatoms. The van der Waals surface area contributed by atoms with Crippen LogP contribution in [0.5, 0.6) is 5.75 Å². The van der Waals surface area contributed by atoms with Crippen LogP contribution in [0.15, 0.2) is 59.6 Å². The summed E-state index contributed by atoms with van der Waals surface area (Å²) >= 11 is 1.24. The Hall–Kier alpha value is -2.39. The first-order chi connectivity index (χ1) is 13.4. The fraction of sp³-hybridized carbons (Fsp3) is 0.263. The van der Waals surface area contributed by atoms with Crippen LogP contribution >= 0.6 is 11.8 Å². The molecule has 2 aliphatic rings. The lowest BCUT2D eigenvalue weighted by atomic mass is 10.2. The molecular formula is C19H17FN2O4S2. The predicted octanol–water partition coefficient (Wildman–Crippen LogP) is 2.51. The standard InChI is InChI=1S/C19H17FN2O4S2/c20-13-5-4-6-14(9-13)22-16-11-28(24,25)12-17(16)27-19(22)21-18(23)10-26-15-7-2-1-3-8-15/h1-9,16-17H,10-12H2. The lowest BCUT2D eigenvalue weighted by Gasteiger charge is -2.24. The van der Waals surface area contributed by atoms with E-state index in [4.69, 9.17) is 4.74 Å². The summed E-state index contributed by atoms with van der Waals surface area (Å²) in [5, 5.41) is 0.132. The molecule has 2 unspecified atom stereocenters. The van der Waals surface area contributed by atoms with Crippen molar-refractivity contribution in [2.45, 2.75) is 11.3 Å². The van der Waals surface area contributed by atoms with Crippen LogP contribution in [0, 0.1) is 5.82 Å². The zero-order chi connectivity index (χ0) is 19.7. The number of sulfone groups is 1. The number of benzene rings is 2. The number of hydrogen-bond acceptors (Lipinski definition) is 5. The van der Waals surface area contributed by atoms with Crippen LogP contribution in [0.2, 0.25) is 0 Å². The van der Waals surface area contributed by atoms with Gasteiger partial charge in [-0.3, -0.25) is 4.79 Å². The highest BCUT2D eigenvalue weighted by atomic mass is 32.2. The Morgan fingerprint density at radius 1 is 1.18 bits per heavy atom. The molecule has 2 aromatic rings. The summed E-state index contributed by atoms with van der Waals surface area (Å²) in [6.45, 7) is -0.237. The maximum Gasteiger partial charge on any atom is 0.285 e.